The van der Waals surface area contributed by atoms with E-state index in [1.807, 2.05) is 48.5 Å². The summed E-state index contributed by atoms with van der Waals surface area (Å²) in [6, 6.07) is 19.6. The Bertz CT molecular complexity index is 1080. The predicted molar refractivity (Wildman–Crippen MR) is 120 cm³/mol. The van der Waals surface area contributed by atoms with Crippen molar-refractivity contribution in [1.82, 2.24) is 5.32 Å². The van der Waals surface area contributed by atoms with Crippen LogP contribution in [-0.2, 0) is 16.0 Å². The first-order valence-electron chi connectivity index (χ1n) is 9.71. The van der Waals surface area contributed by atoms with Crippen molar-refractivity contribution in [2.45, 2.75) is 18.4 Å². The molecule has 31 heavy (non-hydrogen) atoms. The SMILES string of the molecule is O=C(NC(Cc1cc(Cl)cc(Cl)c1)C(=O)O)OCC1c2ccccc2-c2ccccc21. The van der Waals surface area contributed by atoms with E-state index in [1.54, 1.807) is 18.2 Å². The van der Waals surface area contributed by atoms with E-state index in [0.29, 0.717) is 15.6 Å². The second-order valence-electron chi connectivity index (χ2n) is 7.34. The molecule has 3 aromatic carbocycles. The van der Waals surface area contributed by atoms with Crippen molar-refractivity contribution in [3.63, 3.8) is 0 Å². The van der Waals surface area contributed by atoms with Gasteiger partial charge in [0.25, 0.3) is 0 Å². The van der Waals surface area contributed by atoms with Gasteiger partial charge < -0.3 is 15.2 Å². The molecule has 1 aliphatic rings. The van der Waals surface area contributed by atoms with Crippen LogP contribution in [0.15, 0.2) is 66.7 Å². The predicted octanol–water partition coefficient (Wildman–Crippen LogP) is 5.53. The molecule has 3 aromatic rings. The number of carboxylic acid groups (broad SMARTS) is 1. The first-order valence-corrected chi connectivity index (χ1v) is 10.5. The summed E-state index contributed by atoms with van der Waals surface area (Å²) in [6.07, 6.45) is -0.762. The molecule has 0 aromatic heterocycles. The van der Waals surface area contributed by atoms with Crippen LogP contribution in [0.5, 0.6) is 0 Å². The van der Waals surface area contributed by atoms with Crippen LogP contribution in [0.2, 0.25) is 10.0 Å². The summed E-state index contributed by atoms with van der Waals surface area (Å²) in [5.74, 6) is -1.28. The Hall–Kier alpha value is -3.02. The lowest BCUT2D eigenvalue weighted by molar-refractivity contribution is -0.139. The van der Waals surface area contributed by atoms with Gasteiger partial charge in [-0.15, -0.1) is 0 Å². The fourth-order valence-electron chi connectivity index (χ4n) is 3.95. The average Bonchev–Trinajstić information content (AvgIpc) is 3.05. The van der Waals surface area contributed by atoms with Crippen LogP contribution in [0.3, 0.4) is 0 Å². The summed E-state index contributed by atoms with van der Waals surface area (Å²) in [6.45, 7) is 0.106. The van der Waals surface area contributed by atoms with Crippen LogP contribution in [0.1, 0.15) is 22.6 Å². The Morgan fingerprint density at radius 2 is 1.48 bits per heavy atom. The zero-order valence-corrected chi connectivity index (χ0v) is 17.9. The van der Waals surface area contributed by atoms with E-state index in [2.05, 4.69) is 5.32 Å². The molecule has 1 amide bonds. The van der Waals surface area contributed by atoms with Crippen molar-refractivity contribution in [2.75, 3.05) is 6.61 Å². The van der Waals surface area contributed by atoms with E-state index < -0.39 is 18.1 Å². The number of rotatable bonds is 6. The Labute approximate surface area is 189 Å². The first kappa shape index (κ1) is 21.2. The fraction of sp³-hybridized carbons (Fsp3) is 0.167. The minimum absolute atomic E-state index is 0.0276. The summed E-state index contributed by atoms with van der Waals surface area (Å²) in [5, 5.41) is 12.7. The number of ether oxygens (including phenoxy) is 1. The molecule has 1 atom stereocenters. The highest BCUT2D eigenvalue weighted by molar-refractivity contribution is 6.34. The Morgan fingerprint density at radius 1 is 0.935 bits per heavy atom. The minimum atomic E-state index is -1.18. The Morgan fingerprint density at radius 3 is 2.03 bits per heavy atom. The minimum Gasteiger partial charge on any atom is -0.480 e. The highest BCUT2D eigenvalue weighted by atomic mass is 35.5. The van der Waals surface area contributed by atoms with E-state index in [4.69, 9.17) is 27.9 Å². The van der Waals surface area contributed by atoms with E-state index in [-0.39, 0.29) is 18.9 Å². The molecular weight excluding hydrogens is 437 g/mol. The molecule has 1 aliphatic carbocycles. The van der Waals surface area contributed by atoms with Gasteiger partial charge in [-0.2, -0.15) is 0 Å². The lowest BCUT2D eigenvalue weighted by Gasteiger charge is -2.17. The normalized spacial score (nSPS) is 13.2. The third kappa shape index (κ3) is 4.68. The van der Waals surface area contributed by atoms with Crippen LogP contribution in [0.25, 0.3) is 11.1 Å². The van der Waals surface area contributed by atoms with Gasteiger partial charge >= 0.3 is 12.1 Å². The van der Waals surface area contributed by atoms with E-state index in [1.165, 1.54) is 0 Å². The molecule has 0 bridgehead atoms. The summed E-state index contributed by atoms with van der Waals surface area (Å²) < 4.78 is 5.44. The summed E-state index contributed by atoms with van der Waals surface area (Å²) in [5.41, 5.74) is 5.00. The Balaban J connectivity index is 1.44. The van der Waals surface area contributed by atoms with Gasteiger partial charge in [-0.25, -0.2) is 9.59 Å². The molecular formula is C24H19Cl2NO4. The van der Waals surface area contributed by atoms with E-state index in [0.717, 1.165) is 22.3 Å². The lowest BCUT2D eigenvalue weighted by Crippen LogP contribution is -2.42. The number of carbonyl (C=O) groups is 2. The number of benzene rings is 3. The largest absolute Gasteiger partial charge is 0.480 e. The molecule has 0 heterocycles. The van der Waals surface area contributed by atoms with Crippen LogP contribution < -0.4 is 5.32 Å². The van der Waals surface area contributed by atoms with Crippen molar-refractivity contribution < 1.29 is 19.4 Å². The zero-order chi connectivity index (χ0) is 22.0. The third-order valence-corrected chi connectivity index (χ3v) is 5.73. The number of hydrogen-bond donors (Lipinski definition) is 2. The number of halogens is 2. The van der Waals surface area contributed by atoms with Gasteiger partial charge in [0.2, 0.25) is 0 Å². The molecule has 0 saturated carbocycles. The number of amides is 1. The van der Waals surface area contributed by atoms with Crippen molar-refractivity contribution in [3.8, 4) is 11.1 Å². The molecule has 5 nitrogen and oxygen atoms in total. The first-order chi connectivity index (χ1) is 14.9. The number of hydrogen-bond acceptors (Lipinski definition) is 3. The van der Waals surface area contributed by atoms with Crippen LogP contribution >= 0.6 is 23.2 Å². The van der Waals surface area contributed by atoms with Crippen molar-refractivity contribution in [1.29, 1.82) is 0 Å². The van der Waals surface area contributed by atoms with Crippen LogP contribution in [-0.4, -0.2) is 29.8 Å². The fourth-order valence-corrected chi connectivity index (χ4v) is 4.52. The molecule has 0 radical (unpaired) electrons. The second kappa shape index (κ2) is 9.00. The molecule has 7 heteroatoms. The zero-order valence-electron chi connectivity index (χ0n) is 16.3. The summed E-state index contributed by atoms with van der Waals surface area (Å²) >= 11 is 12.0. The van der Waals surface area contributed by atoms with Crippen molar-refractivity contribution >= 4 is 35.3 Å². The van der Waals surface area contributed by atoms with Gasteiger partial charge in [-0.3, -0.25) is 0 Å². The number of aliphatic carboxylic acids is 1. The average molecular weight is 456 g/mol. The van der Waals surface area contributed by atoms with E-state index in [9.17, 15) is 14.7 Å². The molecule has 1 unspecified atom stereocenters. The van der Waals surface area contributed by atoms with Gasteiger partial charge in [0, 0.05) is 22.4 Å². The van der Waals surface area contributed by atoms with Crippen molar-refractivity contribution in [3.05, 3.63) is 93.5 Å². The smallest absolute Gasteiger partial charge is 0.407 e. The number of nitrogens with one attached hydrogen (secondary N) is 1. The number of carbonyl (C=O) groups excluding carboxylic acids is 1. The second-order valence-corrected chi connectivity index (χ2v) is 8.22. The maximum absolute atomic E-state index is 12.4. The summed E-state index contributed by atoms with van der Waals surface area (Å²) in [7, 11) is 0. The Kier molecular flexibility index (Phi) is 6.16. The van der Waals surface area contributed by atoms with E-state index >= 15 is 0 Å². The number of alkyl carbamates (subject to hydrolysis) is 1. The van der Waals surface area contributed by atoms with Gasteiger partial charge in [0.15, 0.2) is 0 Å². The molecule has 0 saturated heterocycles. The standard InChI is InChI=1S/C24H19Cl2NO4/c25-15-9-14(10-16(26)12-15)11-22(23(28)29)27-24(30)31-13-21-19-7-3-1-5-17(19)18-6-2-4-8-20(18)21/h1-10,12,21-22H,11,13H2,(H,27,30)(H,28,29). The highest BCUT2D eigenvalue weighted by Gasteiger charge is 2.29. The number of carboxylic acids is 1. The van der Waals surface area contributed by atoms with Crippen LogP contribution in [0, 0.1) is 0 Å². The number of fused-ring (bicyclic) bond motifs is 3. The van der Waals surface area contributed by atoms with Crippen molar-refractivity contribution in [2.24, 2.45) is 0 Å². The van der Waals surface area contributed by atoms with Gasteiger partial charge in [0.1, 0.15) is 12.6 Å². The monoisotopic (exact) mass is 455 g/mol. The topological polar surface area (TPSA) is 75.6 Å². The molecule has 2 N–H and O–H groups in total. The maximum atomic E-state index is 12.4. The molecule has 0 aliphatic heterocycles. The molecule has 0 fully saturated rings. The molecule has 158 valence electrons. The van der Waals surface area contributed by atoms with Gasteiger partial charge in [0.05, 0.1) is 0 Å². The lowest BCUT2D eigenvalue weighted by atomic mass is 9.98. The highest BCUT2D eigenvalue weighted by Crippen LogP contribution is 2.44. The summed E-state index contributed by atoms with van der Waals surface area (Å²) in [4.78, 5) is 24.1. The third-order valence-electron chi connectivity index (χ3n) is 5.30. The van der Waals surface area contributed by atoms with Gasteiger partial charge in [-0.1, -0.05) is 71.7 Å². The maximum Gasteiger partial charge on any atom is 0.407 e. The van der Waals surface area contributed by atoms with Gasteiger partial charge in [-0.05, 0) is 46.0 Å². The molecule has 4 rings (SSSR count). The van der Waals surface area contributed by atoms with Crippen LogP contribution in [0.4, 0.5) is 4.79 Å². The quantitative estimate of drug-likeness (QED) is 0.512. The molecule has 0 spiro atoms.